The fourth-order valence-electron chi connectivity index (χ4n) is 2.89. The normalized spacial score (nSPS) is 11.3. The number of carbonyl (C=O) groups excluding carboxylic acids is 1. The number of rotatable bonds is 9. The third-order valence-corrected chi connectivity index (χ3v) is 5.92. The van der Waals surface area contributed by atoms with Gasteiger partial charge < -0.3 is 14.1 Å². The minimum atomic E-state index is -0.193. The van der Waals surface area contributed by atoms with Gasteiger partial charge in [0.25, 0.3) is 5.91 Å². The number of anilines is 1. The van der Waals surface area contributed by atoms with Gasteiger partial charge >= 0.3 is 0 Å². The van der Waals surface area contributed by atoms with Gasteiger partial charge in [-0.15, -0.1) is 0 Å². The Bertz CT molecular complexity index is 936. The van der Waals surface area contributed by atoms with Crippen molar-refractivity contribution in [3.63, 3.8) is 0 Å². The fourth-order valence-corrected chi connectivity index (χ4v) is 4.22. The highest BCUT2D eigenvalue weighted by Gasteiger charge is 2.24. The number of nitrogens with zero attached hydrogens (tertiary/aromatic N) is 3. The highest BCUT2D eigenvalue weighted by Crippen LogP contribution is 2.32. The van der Waals surface area contributed by atoms with Crippen LogP contribution in [0.1, 0.15) is 31.3 Å². The number of halogens is 1. The van der Waals surface area contributed by atoms with Gasteiger partial charge in [-0.2, -0.15) is 0 Å². The largest absolute Gasteiger partial charge is 0.494 e. The first-order valence-corrected chi connectivity index (χ1v) is 11.0. The highest BCUT2D eigenvalue weighted by molar-refractivity contribution is 9.10. The number of thiazole rings is 1. The van der Waals surface area contributed by atoms with E-state index in [4.69, 9.17) is 14.1 Å². The number of likely N-dealkylation sites (N-methyl/N-ethyl adjacent to an activating group) is 1. The van der Waals surface area contributed by atoms with E-state index < -0.39 is 0 Å². The average Bonchev–Trinajstić information content (AvgIpc) is 3.31. The Balaban J connectivity index is 1.92. The van der Waals surface area contributed by atoms with E-state index in [1.807, 2.05) is 25.1 Å². The standard InChI is InChI=1S/C20H24BrN3O3S/c1-4-23(5-2)11-12-24(19(25)16-9-10-18(21)27-16)20-22-15-8-7-14(26-6-3)13-17(15)28-20/h7-10,13H,4-6,11-12H2,1-3H3. The Morgan fingerprint density at radius 3 is 2.61 bits per heavy atom. The lowest BCUT2D eigenvalue weighted by atomic mass is 10.3. The third-order valence-electron chi connectivity index (χ3n) is 4.45. The smallest absolute Gasteiger partial charge is 0.295 e. The summed E-state index contributed by atoms with van der Waals surface area (Å²) in [5.41, 5.74) is 0.852. The number of hydrogen-bond acceptors (Lipinski definition) is 6. The molecule has 0 aliphatic rings. The number of carbonyl (C=O) groups is 1. The van der Waals surface area contributed by atoms with Crippen LogP contribution < -0.4 is 9.64 Å². The number of hydrogen-bond donors (Lipinski definition) is 0. The molecule has 2 heterocycles. The summed E-state index contributed by atoms with van der Waals surface area (Å²) in [5, 5.41) is 0.660. The number of benzene rings is 1. The quantitative estimate of drug-likeness (QED) is 0.442. The molecule has 0 aliphatic heterocycles. The fraction of sp³-hybridized carbons (Fsp3) is 0.400. The first kappa shape index (κ1) is 20.8. The molecule has 0 unspecified atom stereocenters. The maximum atomic E-state index is 13.1. The minimum absolute atomic E-state index is 0.193. The Hall–Kier alpha value is -1.90. The molecule has 1 aromatic carbocycles. The number of ether oxygens (including phenoxy) is 1. The van der Waals surface area contributed by atoms with E-state index in [1.54, 1.807) is 17.0 Å². The highest BCUT2D eigenvalue weighted by atomic mass is 79.9. The molecule has 8 heteroatoms. The van der Waals surface area contributed by atoms with Gasteiger partial charge in [0.15, 0.2) is 15.6 Å². The lowest BCUT2D eigenvalue weighted by Crippen LogP contribution is -2.38. The monoisotopic (exact) mass is 465 g/mol. The molecule has 2 aromatic heterocycles. The molecule has 0 bridgehead atoms. The lowest BCUT2D eigenvalue weighted by Gasteiger charge is -2.24. The van der Waals surface area contributed by atoms with Crippen molar-refractivity contribution in [1.82, 2.24) is 9.88 Å². The van der Waals surface area contributed by atoms with Crippen LogP contribution in [-0.4, -0.2) is 48.6 Å². The molecule has 1 amide bonds. The van der Waals surface area contributed by atoms with Crippen molar-refractivity contribution in [1.29, 1.82) is 0 Å². The predicted octanol–water partition coefficient (Wildman–Crippen LogP) is 5.04. The van der Waals surface area contributed by atoms with Crippen LogP contribution in [0.15, 0.2) is 39.4 Å². The van der Waals surface area contributed by atoms with E-state index in [-0.39, 0.29) is 5.91 Å². The van der Waals surface area contributed by atoms with E-state index in [2.05, 4.69) is 34.7 Å². The van der Waals surface area contributed by atoms with Crippen molar-refractivity contribution < 1.29 is 13.9 Å². The zero-order chi connectivity index (χ0) is 20.1. The molecule has 0 saturated carbocycles. The second-order valence-corrected chi connectivity index (χ2v) is 7.94. The van der Waals surface area contributed by atoms with Gasteiger partial charge in [0.2, 0.25) is 0 Å². The van der Waals surface area contributed by atoms with Gasteiger partial charge in [0.1, 0.15) is 5.75 Å². The van der Waals surface area contributed by atoms with Crippen LogP contribution in [0.4, 0.5) is 5.13 Å². The number of amides is 1. The molecule has 0 spiro atoms. The maximum absolute atomic E-state index is 13.1. The lowest BCUT2D eigenvalue weighted by molar-refractivity contribution is 0.0956. The second kappa shape index (κ2) is 9.54. The Morgan fingerprint density at radius 2 is 1.96 bits per heavy atom. The van der Waals surface area contributed by atoms with Crippen molar-refractivity contribution in [3.05, 3.63) is 40.8 Å². The molecular formula is C20H24BrN3O3S. The Morgan fingerprint density at radius 1 is 1.18 bits per heavy atom. The van der Waals surface area contributed by atoms with Gasteiger partial charge in [-0.1, -0.05) is 25.2 Å². The van der Waals surface area contributed by atoms with Crippen LogP contribution in [0.25, 0.3) is 10.2 Å². The Labute approximate surface area is 177 Å². The van der Waals surface area contributed by atoms with Crippen LogP contribution in [0.5, 0.6) is 5.75 Å². The van der Waals surface area contributed by atoms with Crippen molar-refractivity contribution >= 4 is 48.5 Å². The van der Waals surface area contributed by atoms with Gasteiger partial charge in [-0.3, -0.25) is 9.69 Å². The third kappa shape index (κ3) is 4.74. The van der Waals surface area contributed by atoms with Gasteiger partial charge in [-0.25, -0.2) is 4.98 Å². The van der Waals surface area contributed by atoms with Crippen molar-refractivity contribution in [2.75, 3.05) is 37.7 Å². The van der Waals surface area contributed by atoms with E-state index in [0.717, 1.165) is 35.6 Å². The Kier molecular flexibility index (Phi) is 7.09. The van der Waals surface area contributed by atoms with Crippen LogP contribution in [0, 0.1) is 0 Å². The maximum Gasteiger partial charge on any atom is 0.295 e. The molecule has 0 atom stereocenters. The summed E-state index contributed by atoms with van der Waals surface area (Å²) in [6.07, 6.45) is 0. The molecule has 6 nitrogen and oxygen atoms in total. The molecule has 0 saturated heterocycles. The van der Waals surface area contributed by atoms with E-state index >= 15 is 0 Å². The molecule has 28 heavy (non-hydrogen) atoms. The minimum Gasteiger partial charge on any atom is -0.494 e. The summed E-state index contributed by atoms with van der Waals surface area (Å²) in [6, 6.07) is 9.20. The summed E-state index contributed by atoms with van der Waals surface area (Å²) < 4.78 is 12.6. The van der Waals surface area contributed by atoms with Crippen LogP contribution in [0.2, 0.25) is 0 Å². The second-order valence-electron chi connectivity index (χ2n) is 6.15. The van der Waals surface area contributed by atoms with Crippen molar-refractivity contribution in [3.8, 4) is 5.75 Å². The summed E-state index contributed by atoms with van der Waals surface area (Å²) >= 11 is 4.75. The SMILES string of the molecule is CCOc1ccc2nc(N(CCN(CC)CC)C(=O)c3ccc(Br)o3)sc2c1. The first-order chi connectivity index (χ1) is 13.5. The van der Waals surface area contributed by atoms with Gasteiger partial charge in [-0.05, 0) is 66.3 Å². The number of fused-ring (bicyclic) bond motifs is 1. The predicted molar refractivity (Wildman–Crippen MR) is 117 cm³/mol. The summed E-state index contributed by atoms with van der Waals surface area (Å²) in [7, 11) is 0. The molecule has 150 valence electrons. The van der Waals surface area contributed by atoms with Crippen LogP contribution in [0.3, 0.4) is 0 Å². The topological polar surface area (TPSA) is 58.8 Å². The van der Waals surface area contributed by atoms with Gasteiger partial charge in [0, 0.05) is 13.1 Å². The molecule has 0 N–H and O–H groups in total. The van der Waals surface area contributed by atoms with Crippen LogP contribution in [-0.2, 0) is 0 Å². The van der Waals surface area contributed by atoms with Gasteiger partial charge in [0.05, 0.1) is 16.8 Å². The molecule has 3 aromatic rings. The average molecular weight is 466 g/mol. The summed E-state index contributed by atoms with van der Waals surface area (Å²) in [6.45, 7) is 9.97. The first-order valence-electron chi connectivity index (χ1n) is 9.38. The zero-order valence-corrected chi connectivity index (χ0v) is 18.7. The molecule has 0 fully saturated rings. The molecule has 3 rings (SSSR count). The van der Waals surface area contributed by atoms with Crippen molar-refractivity contribution in [2.24, 2.45) is 0 Å². The molecular weight excluding hydrogens is 442 g/mol. The summed E-state index contributed by atoms with van der Waals surface area (Å²) in [5.74, 6) is 0.906. The zero-order valence-electron chi connectivity index (χ0n) is 16.3. The summed E-state index contributed by atoms with van der Waals surface area (Å²) in [4.78, 5) is 21.8. The van der Waals surface area contributed by atoms with E-state index in [0.29, 0.717) is 28.7 Å². The number of aromatic nitrogens is 1. The van der Waals surface area contributed by atoms with E-state index in [1.165, 1.54) is 11.3 Å². The molecule has 0 aliphatic carbocycles. The molecule has 0 radical (unpaired) electrons. The van der Waals surface area contributed by atoms with Crippen molar-refractivity contribution in [2.45, 2.75) is 20.8 Å². The van der Waals surface area contributed by atoms with Crippen LogP contribution >= 0.6 is 27.3 Å². The number of furan rings is 1. The van der Waals surface area contributed by atoms with E-state index in [9.17, 15) is 4.79 Å².